The lowest BCUT2D eigenvalue weighted by molar-refractivity contribution is 0.0917. The van der Waals surface area contributed by atoms with Crippen LogP contribution in [-0.4, -0.2) is 21.4 Å². The lowest BCUT2D eigenvalue weighted by Gasteiger charge is -2.20. The number of carbonyl (C=O) groups excluding carboxylic acids is 1. The summed E-state index contributed by atoms with van der Waals surface area (Å²) >= 11 is 0. The predicted octanol–water partition coefficient (Wildman–Crippen LogP) is 2.72. The zero-order chi connectivity index (χ0) is 13.5. The van der Waals surface area contributed by atoms with E-state index in [1.165, 1.54) is 0 Å². The Kier molecular flexibility index (Phi) is 2.81. The molecule has 96 valence electrons. The molecule has 0 aliphatic rings. The molecule has 1 heterocycles. The summed E-state index contributed by atoms with van der Waals surface area (Å²) in [6.45, 7) is 7.52. The van der Waals surface area contributed by atoms with Crippen LogP contribution < -0.4 is 5.32 Å². The highest BCUT2D eigenvalue weighted by Crippen LogP contribution is 2.24. The molecule has 0 radical (unpaired) electrons. The van der Waals surface area contributed by atoms with Crippen LogP contribution >= 0.6 is 0 Å². The Balaban J connectivity index is 2.58. The smallest absolute Gasteiger partial charge is 0.254 e. The third kappa shape index (κ3) is 2.06. The van der Waals surface area contributed by atoms with Crippen molar-refractivity contribution in [3.8, 4) is 0 Å². The number of rotatable bonds is 1. The van der Waals surface area contributed by atoms with E-state index in [1.807, 2.05) is 39.0 Å². The van der Waals surface area contributed by atoms with Crippen molar-refractivity contribution in [3.63, 3.8) is 0 Å². The normalized spacial score (nSPS) is 11.8. The molecule has 2 N–H and O–H groups in total. The number of nitrogens with zero attached hydrogens (tertiary/aromatic N) is 1. The Bertz CT molecular complexity index is 606. The first-order valence-corrected chi connectivity index (χ1v) is 5.93. The van der Waals surface area contributed by atoms with Gasteiger partial charge in [-0.3, -0.25) is 4.79 Å². The molecule has 1 aromatic heterocycles. The monoisotopic (exact) mass is 246 g/mol. The molecule has 1 amide bonds. The summed E-state index contributed by atoms with van der Waals surface area (Å²) in [6, 6.07) is 7.32. The van der Waals surface area contributed by atoms with Crippen molar-refractivity contribution in [1.82, 2.24) is 10.0 Å². The standard InChI is InChI=1S/C14H18N2O2/c1-9-12(13(17)15-14(2,3)4)10-7-5-6-8-11(10)16(9)18/h5-8,18H,1-4H3,(H,15,17). The van der Waals surface area contributed by atoms with Crippen LogP contribution in [0, 0.1) is 6.92 Å². The molecule has 0 saturated carbocycles. The minimum Gasteiger partial charge on any atom is -0.428 e. The van der Waals surface area contributed by atoms with Crippen molar-refractivity contribution in [2.75, 3.05) is 0 Å². The largest absolute Gasteiger partial charge is 0.428 e. The van der Waals surface area contributed by atoms with Gasteiger partial charge in [0.15, 0.2) is 0 Å². The number of hydrogen-bond acceptors (Lipinski definition) is 2. The summed E-state index contributed by atoms with van der Waals surface area (Å²) in [6.07, 6.45) is 0. The SMILES string of the molecule is Cc1c(C(=O)NC(C)(C)C)c2ccccc2n1O. The van der Waals surface area contributed by atoms with E-state index in [0.29, 0.717) is 16.8 Å². The molecule has 0 aliphatic carbocycles. The van der Waals surface area contributed by atoms with Crippen LogP contribution in [0.3, 0.4) is 0 Å². The number of benzene rings is 1. The van der Waals surface area contributed by atoms with Gasteiger partial charge in [0.1, 0.15) is 0 Å². The van der Waals surface area contributed by atoms with Gasteiger partial charge in [0.2, 0.25) is 0 Å². The lowest BCUT2D eigenvalue weighted by Crippen LogP contribution is -2.40. The number of nitrogens with one attached hydrogen (secondary N) is 1. The van der Waals surface area contributed by atoms with Crippen molar-refractivity contribution in [1.29, 1.82) is 0 Å². The summed E-state index contributed by atoms with van der Waals surface area (Å²) in [5.74, 6) is -0.163. The number of aromatic nitrogens is 1. The molecule has 2 rings (SSSR count). The number of carbonyl (C=O) groups is 1. The van der Waals surface area contributed by atoms with Crippen LogP contribution in [0.1, 0.15) is 36.8 Å². The second-order valence-electron chi connectivity index (χ2n) is 5.49. The first-order valence-electron chi connectivity index (χ1n) is 5.93. The average molecular weight is 246 g/mol. The molecule has 0 bridgehead atoms. The van der Waals surface area contributed by atoms with Gasteiger partial charge in [0.25, 0.3) is 5.91 Å². The Hall–Kier alpha value is -1.97. The highest BCUT2D eigenvalue weighted by molar-refractivity contribution is 6.08. The zero-order valence-corrected chi connectivity index (χ0v) is 11.1. The van der Waals surface area contributed by atoms with Gasteiger partial charge in [-0.15, -0.1) is 0 Å². The van der Waals surface area contributed by atoms with Gasteiger partial charge in [0, 0.05) is 10.9 Å². The molecule has 4 heteroatoms. The van der Waals surface area contributed by atoms with Crippen molar-refractivity contribution >= 4 is 16.8 Å². The van der Waals surface area contributed by atoms with Crippen LogP contribution in [-0.2, 0) is 0 Å². The number of fused-ring (bicyclic) bond motifs is 1. The van der Waals surface area contributed by atoms with Crippen molar-refractivity contribution in [2.24, 2.45) is 0 Å². The Labute approximate surface area is 106 Å². The molecule has 1 aromatic carbocycles. The fourth-order valence-electron chi connectivity index (χ4n) is 2.04. The van der Waals surface area contributed by atoms with Gasteiger partial charge in [-0.05, 0) is 33.8 Å². The molecule has 0 spiro atoms. The van der Waals surface area contributed by atoms with E-state index in [9.17, 15) is 10.0 Å². The molecule has 0 saturated heterocycles. The minimum atomic E-state index is -0.303. The number of para-hydroxylation sites is 1. The van der Waals surface area contributed by atoms with Gasteiger partial charge in [-0.25, -0.2) is 0 Å². The van der Waals surface area contributed by atoms with E-state index in [1.54, 1.807) is 13.0 Å². The van der Waals surface area contributed by atoms with Gasteiger partial charge < -0.3 is 10.5 Å². The first kappa shape index (κ1) is 12.5. The van der Waals surface area contributed by atoms with E-state index in [2.05, 4.69) is 5.32 Å². The molecule has 0 atom stereocenters. The van der Waals surface area contributed by atoms with Gasteiger partial charge in [-0.2, -0.15) is 4.73 Å². The van der Waals surface area contributed by atoms with Gasteiger partial charge in [0.05, 0.1) is 16.8 Å². The van der Waals surface area contributed by atoms with Crippen molar-refractivity contribution in [3.05, 3.63) is 35.5 Å². The lowest BCUT2D eigenvalue weighted by atomic mass is 10.1. The third-order valence-corrected chi connectivity index (χ3v) is 2.80. The quantitative estimate of drug-likeness (QED) is 0.760. The molecule has 4 nitrogen and oxygen atoms in total. The summed E-state index contributed by atoms with van der Waals surface area (Å²) in [5.41, 5.74) is 1.43. The molecule has 2 aromatic rings. The maximum Gasteiger partial charge on any atom is 0.254 e. The van der Waals surface area contributed by atoms with E-state index < -0.39 is 0 Å². The fourth-order valence-corrected chi connectivity index (χ4v) is 2.04. The Morgan fingerprint density at radius 3 is 2.50 bits per heavy atom. The van der Waals surface area contributed by atoms with Crippen LogP contribution in [0.15, 0.2) is 24.3 Å². The highest BCUT2D eigenvalue weighted by atomic mass is 16.5. The number of amides is 1. The molecule has 0 aliphatic heterocycles. The summed E-state index contributed by atoms with van der Waals surface area (Å²) < 4.78 is 1.06. The van der Waals surface area contributed by atoms with Crippen LogP contribution in [0.4, 0.5) is 0 Å². The van der Waals surface area contributed by atoms with Gasteiger partial charge in [-0.1, -0.05) is 18.2 Å². The minimum absolute atomic E-state index is 0.163. The zero-order valence-electron chi connectivity index (χ0n) is 11.1. The van der Waals surface area contributed by atoms with E-state index in [-0.39, 0.29) is 11.4 Å². The second-order valence-corrected chi connectivity index (χ2v) is 5.49. The average Bonchev–Trinajstić information content (AvgIpc) is 2.50. The highest BCUT2D eigenvalue weighted by Gasteiger charge is 2.22. The van der Waals surface area contributed by atoms with Crippen LogP contribution in [0.5, 0.6) is 0 Å². The molecular weight excluding hydrogens is 228 g/mol. The topological polar surface area (TPSA) is 54.3 Å². The van der Waals surface area contributed by atoms with Crippen LogP contribution in [0.2, 0.25) is 0 Å². The van der Waals surface area contributed by atoms with E-state index in [0.717, 1.165) is 10.1 Å². The predicted molar refractivity (Wildman–Crippen MR) is 71.1 cm³/mol. The van der Waals surface area contributed by atoms with Crippen molar-refractivity contribution in [2.45, 2.75) is 33.2 Å². The summed E-state index contributed by atoms with van der Waals surface area (Å²) in [7, 11) is 0. The van der Waals surface area contributed by atoms with Crippen molar-refractivity contribution < 1.29 is 10.0 Å². The summed E-state index contributed by atoms with van der Waals surface area (Å²) in [5, 5.41) is 13.6. The van der Waals surface area contributed by atoms with E-state index >= 15 is 0 Å². The van der Waals surface area contributed by atoms with E-state index in [4.69, 9.17) is 0 Å². The molecule has 0 unspecified atom stereocenters. The maximum absolute atomic E-state index is 12.3. The first-order chi connectivity index (χ1) is 8.31. The summed E-state index contributed by atoms with van der Waals surface area (Å²) in [4.78, 5) is 12.3. The third-order valence-electron chi connectivity index (χ3n) is 2.80. The number of hydrogen-bond donors (Lipinski definition) is 2. The Morgan fingerprint density at radius 1 is 1.28 bits per heavy atom. The van der Waals surface area contributed by atoms with Gasteiger partial charge >= 0.3 is 0 Å². The second kappa shape index (κ2) is 4.05. The molecule has 0 fully saturated rings. The Morgan fingerprint density at radius 2 is 1.89 bits per heavy atom. The molecule has 18 heavy (non-hydrogen) atoms. The van der Waals surface area contributed by atoms with Crippen LogP contribution in [0.25, 0.3) is 10.9 Å². The molecular formula is C14H18N2O2. The maximum atomic E-state index is 12.3. The fraction of sp³-hybridized carbons (Fsp3) is 0.357.